The molecule has 0 fully saturated rings. The second-order valence-electron chi connectivity index (χ2n) is 5.09. The summed E-state index contributed by atoms with van der Waals surface area (Å²) in [6, 6.07) is 8.64. The minimum absolute atomic E-state index is 0.0229. The van der Waals surface area contributed by atoms with Gasteiger partial charge in [-0.15, -0.1) is 0 Å². The topological polar surface area (TPSA) is 67.4 Å². The Morgan fingerprint density at radius 2 is 1.92 bits per heavy atom. The Balaban J connectivity index is 2.19. The van der Waals surface area contributed by atoms with E-state index in [2.05, 4.69) is 10.6 Å². The van der Waals surface area contributed by atoms with E-state index in [4.69, 9.17) is 16.3 Å². The third-order valence-corrected chi connectivity index (χ3v) is 3.53. The molecule has 0 spiro atoms. The van der Waals surface area contributed by atoms with Gasteiger partial charge in [0.05, 0.1) is 10.6 Å². The summed E-state index contributed by atoms with van der Waals surface area (Å²) >= 11 is 5.89. The monoisotopic (exact) mass is 350 g/mol. The van der Waals surface area contributed by atoms with Crippen molar-refractivity contribution < 1.29 is 18.7 Å². The van der Waals surface area contributed by atoms with E-state index in [9.17, 15) is 14.0 Å². The van der Waals surface area contributed by atoms with Crippen molar-refractivity contribution in [2.75, 3.05) is 24.4 Å². The molecule has 0 heterocycles. The van der Waals surface area contributed by atoms with E-state index >= 15 is 0 Å². The molecule has 0 aromatic heterocycles. The molecule has 0 aliphatic rings. The Hall–Kier alpha value is -2.44. The lowest BCUT2D eigenvalue weighted by Gasteiger charge is -2.12. The van der Waals surface area contributed by atoms with Crippen LogP contribution in [0.1, 0.15) is 15.9 Å². The molecule has 126 valence electrons. The number of benzene rings is 2. The number of halogens is 2. The van der Waals surface area contributed by atoms with Crippen molar-refractivity contribution in [2.45, 2.75) is 6.92 Å². The zero-order valence-corrected chi connectivity index (χ0v) is 13.9. The van der Waals surface area contributed by atoms with Crippen LogP contribution in [0.3, 0.4) is 0 Å². The van der Waals surface area contributed by atoms with Gasteiger partial charge in [-0.1, -0.05) is 17.7 Å². The minimum Gasteiger partial charge on any atom is -0.375 e. The fourth-order valence-corrected chi connectivity index (χ4v) is 2.28. The lowest BCUT2D eigenvalue weighted by Crippen LogP contribution is -2.18. The van der Waals surface area contributed by atoms with Gasteiger partial charge in [-0.05, 0) is 42.8 Å². The van der Waals surface area contributed by atoms with E-state index in [-0.39, 0.29) is 23.1 Å². The molecular weight excluding hydrogens is 335 g/mol. The van der Waals surface area contributed by atoms with Crippen molar-refractivity contribution in [1.82, 2.24) is 0 Å². The Labute approximate surface area is 143 Å². The van der Waals surface area contributed by atoms with Crippen molar-refractivity contribution in [1.29, 1.82) is 0 Å². The van der Waals surface area contributed by atoms with Gasteiger partial charge in [-0.3, -0.25) is 9.59 Å². The van der Waals surface area contributed by atoms with Crippen molar-refractivity contribution in [3.8, 4) is 0 Å². The predicted molar refractivity (Wildman–Crippen MR) is 91.0 cm³/mol. The van der Waals surface area contributed by atoms with Crippen LogP contribution >= 0.6 is 11.6 Å². The van der Waals surface area contributed by atoms with Gasteiger partial charge in [0.15, 0.2) is 0 Å². The van der Waals surface area contributed by atoms with E-state index in [1.165, 1.54) is 13.2 Å². The molecule has 0 unspecified atom stereocenters. The third-order valence-electron chi connectivity index (χ3n) is 3.22. The second-order valence-corrected chi connectivity index (χ2v) is 5.50. The molecule has 7 heteroatoms. The van der Waals surface area contributed by atoms with Crippen LogP contribution in [0.2, 0.25) is 5.02 Å². The van der Waals surface area contributed by atoms with Crippen molar-refractivity contribution in [3.63, 3.8) is 0 Å². The van der Waals surface area contributed by atoms with Crippen LogP contribution in [0, 0.1) is 12.7 Å². The summed E-state index contributed by atoms with van der Waals surface area (Å²) in [5.74, 6) is -1.29. The molecule has 2 N–H and O–H groups in total. The van der Waals surface area contributed by atoms with E-state index < -0.39 is 11.7 Å². The van der Waals surface area contributed by atoms with Gasteiger partial charge < -0.3 is 15.4 Å². The fraction of sp³-hybridized carbons (Fsp3) is 0.176. The Morgan fingerprint density at radius 1 is 1.17 bits per heavy atom. The molecule has 0 bridgehead atoms. The number of nitrogens with one attached hydrogen (secondary N) is 2. The molecule has 5 nitrogen and oxygen atoms in total. The van der Waals surface area contributed by atoms with Crippen LogP contribution in [0.4, 0.5) is 15.8 Å². The molecule has 2 aromatic rings. The van der Waals surface area contributed by atoms with Crippen LogP contribution in [0.5, 0.6) is 0 Å². The van der Waals surface area contributed by atoms with E-state index in [1.807, 2.05) is 6.92 Å². The third kappa shape index (κ3) is 4.53. The average molecular weight is 351 g/mol. The second kappa shape index (κ2) is 7.90. The molecule has 0 aliphatic heterocycles. The summed E-state index contributed by atoms with van der Waals surface area (Å²) in [5.41, 5.74) is 1.98. The van der Waals surface area contributed by atoms with Gasteiger partial charge in [0.1, 0.15) is 12.4 Å². The highest BCUT2D eigenvalue weighted by atomic mass is 35.5. The SMILES string of the molecule is COCC(=O)Nc1ccc(C)c(NC(=O)c2ccc(F)cc2Cl)c1. The number of anilines is 2. The van der Waals surface area contributed by atoms with Crippen LogP contribution in [0.25, 0.3) is 0 Å². The van der Waals surface area contributed by atoms with E-state index in [0.29, 0.717) is 11.4 Å². The Morgan fingerprint density at radius 3 is 2.58 bits per heavy atom. The quantitative estimate of drug-likeness (QED) is 0.865. The number of methoxy groups -OCH3 is 1. The zero-order valence-electron chi connectivity index (χ0n) is 13.2. The normalized spacial score (nSPS) is 10.3. The lowest BCUT2D eigenvalue weighted by molar-refractivity contribution is -0.119. The van der Waals surface area contributed by atoms with Crippen molar-refractivity contribution in [3.05, 3.63) is 58.4 Å². The smallest absolute Gasteiger partial charge is 0.257 e. The number of carbonyl (C=O) groups excluding carboxylic acids is 2. The van der Waals surface area contributed by atoms with E-state index in [0.717, 1.165) is 17.7 Å². The summed E-state index contributed by atoms with van der Waals surface area (Å²) in [6.45, 7) is 1.74. The molecule has 0 atom stereocenters. The zero-order chi connectivity index (χ0) is 17.7. The summed E-state index contributed by atoms with van der Waals surface area (Å²) in [5, 5.41) is 5.38. The first-order valence-electron chi connectivity index (χ1n) is 7.06. The minimum atomic E-state index is -0.518. The van der Waals surface area contributed by atoms with Crippen LogP contribution in [-0.4, -0.2) is 25.5 Å². The first kappa shape index (κ1) is 17.9. The first-order valence-corrected chi connectivity index (χ1v) is 7.44. The van der Waals surface area contributed by atoms with Crippen LogP contribution < -0.4 is 10.6 Å². The molecule has 24 heavy (non-hydrogen) atoms. The molecule has 0 aliphatic carbocycles. The molecule has 0 saturated heterocycles. The number of ether oxygens (including phenoxy) is 1. The first-order chi connectivity index (χ1) is 11.4. The number of carbonyl (C=O) groups is 2. The average Bonchev–Trinajstić information content (AvgIpc) is 2.50. The highest BCUT2D eigenvalue weighted by Crippen LogP contribution is 2.23. The summed E-state index contributed by atoms with van der Waals surface area (Å²) in [6.07, 6.45) is 0. The maximum atomic E-state index is 13.1. The Bertz CT molecular complexity index is 780. The highest BCUT2D eigenvalue weighted by molar-refractivity contribution is 6.34. The maximum absolute atomic E-state index is 13.1. The van der Waals surface area contributed by atoms with Crippen molar-refractivity contribution in [2.24, 2.45) is 0 Å². The van der Waals surface area contributed by atoms with Gasteiger partial charge >= 0.3 is 0 Å². The van der Waals surface area contributed by atoms with Crippen molar-refractivity contribution >= 4 is 34.8 Å². The summed E-state index contributed by atoms with van der Waals surface area (Å²) in [4.78, 5) is 23.9. The summed E-state index contributed by atoms with van der Waals surface area (Å²) < 4.78 is 17.8. The molecule has 2 aromatic carbocycles. The lowest BCUT2D eigenvalue weighted by atomic mass is 10.1. The number of aryl methyl sites for hydroxylation is 1. The standard InChI is InChI=1S/C17H16ClFN2O3/c1-10-3-5-12(20-16(22)9-24-2)8-15(10)21-17(23)13-6-4-11(19)7-14(13)18/h3-8H,9H2,1-2H3,(H,20,22)(H,21,23). The number of hydrogen-bond acceptors (Lipinski definition) is 3. The number of rotatable bonds is 5. The predicted octanol–water partition coefficient (Wildman–Crippen LogP) is 3.62. The summed E-state index contributed by atoms with van der Waals surface area (Å²) in [7, 11) is 1.42. The fourth-order valence-electron chi connectivity index (χ4n) is 2.03. The van der Waals surface area contributed by atoms with Gasteiger partial charge in [0.25, 0.3) is 5.91 Å². The van der Waals surface area contributed by atoms with Gasteiger partial charge in [0.2, 0.25) is 5.91 Å². The largest absolute Gasteiger partial charge is 0.375 e. The molecule has 0 saturated carbocycles. The molecular formula is C17H16ClFN2O3. The molecule has 2 rings (SSSR count). The van der Waals surface area contributed by atoms with Crippen LogP contribution in [-0.2, 0) is 9.53 Å². The molecule has 2 amide bonds. The highest BCUT2D eigenvalue weighted by Gasteiger charge is 2.13. The molecule has 0 radical (unpaired) electrons. The van der Waals surface area contributed by atoms with E-state index in [1.54, 1.807) is 18.2 Å². The van der Waals surface area contributed by atoms with Gasteiger partial charge in [-0.2, -0.15) is 0 Å². The van der Waals surface area contributed by atoms with Gasteiger partial charge in [-0.25, -0.2) is 4.39 Å². The van der Waals surface area contributed by atoms with Gasteiger partial charge in [0, 0.05) is 18.5 Å². The number of amides is 2. The maximum Gasteiger partial charge on any atom is 0.257 e. The van der Waals surface area contributed by atoms with Crippen LogP contribution in [0.15, 0.2) is 36.4 Å². The Kier molecular flexibility index (Phi) is 5.89. The number of hydrogen-bond donors (Lipinski definition) is 2.